The van der Waals surface area contributed by atoms with Crippen LogP contribution >= 0.6 is 0 Å². The Balaban J connectivity index is 2.59. The normalized spacial score (nSPS) is 11.7. The minimum Gasteiger partial charge on any atom is -0.352 e. The maximum atomic E-state index is 13.2. The summed E-state index contributed by atoms with van der Waals surface area (Å²) in [6, 6.07) is 3.36. The number of benzene rings is 1. The van der Waals surface area contributed by atoms with Crippen molar-refractivity contribution >= 4 is 21.8 Å². The van der Waals surface area contributed by atoms with Crippen molar-refractivity contribution in [2.45, 2.75) is 0 Å². The minimum absolute atomic E-state index is 0.0538. The highest BCUT2D eigenvalue weighted by Gasteiger charge is 2.06. The zero-order valence-electron chi connectivity index (χ0n) is 10.2. The molecule has 4 nitrogen and oxygen atoms in total. The molecular formula is C12H13F2NO3S. The van der Waals surface area contributed by atoms with E-state index < -0.39 is 27.4 Å². The van der Waals surface area contributed by atoms with Crippen LogP contribution in [0.25, 0.3) is 6.08 Å². The Bertz CT molecular complexity index is 577. The van der Waals surface area contributed by atoms with Gasteiger partial charge in [-0.3, -0.25) is 4.79 Å². The van der Waals surface area contributed by atoms with Gasteiger partial charge in [0.15, 0.2) is 0 Å². The zero-order valence-corrected chi connectivity index (χ0v) is 11.0. The van der Waals surface area contributed by atoms with Gasteiger partial charge in [0.05, 0.1) is 5.75 Å². The fourth-order valence-electron chi connectivity index (χ4n) is 1.25. The summed E-state index contributed by atoms with van der Waals surface area (Å²) in [5, 5.41) is 2.30. The molecular weight excluding hydrogens is 276 g/mol. The molecule has 0 unspecified atom stereocenters. The number of hydrogen-bond donors (Lipinski definition) is 1. The van der Waals surface area contributed by atoms with Gasteiger partial charge in [-0.1, -0.05) is 6.07 Å². The van der Waals surface area contributed by atoms with Gasteiger partial charge in [-0.15, -0.1) is 0 Å². The predicted molar refractivity (Wildman–Crippen MR) is 68.1 cm³/mol. The smallest absolute Gasteiger partial charge is 0.244 e. The number of hydrogen-bond acceptors (Lipinski definition) is 3. The Morgan fingerprint density at radius 2 is 1.89 bits per heavy atom. The molecule has 7 heteroatoms. The minimum atomic E-state index is -3.16. The first-order valence-electron chi connectivity index (χ1n) is 5.37. The number of nitrogens with one attached hydrogen (secondary N) is 1. The summed E-state index contributed by atoms with van der Waals surface area (Å²) in [5.74, 6) is -2.37. The van der Waals surface area contributed by atoms with Crippen molar-refractivity contribution < 1.29 is 22.0 Å². The summed E-state index contributed by atoms with van der Waals surface area (Å²) in [4.78, 5) is 11.3. The van der Waals surface area contributed by atoms with E-state index in [4.69, 9.17) is 0 Å². The summed E-state index contributed by atoms with van der Waals surface area (Å²) in [5.41, 5.74) is -0.319. The number of carbonyl (C=O) groups is 1. The summed E-state index contributed by atoms with van der Waals surface area (Å²) in [6.07, 6.45) is 2.99. The first-order chi connectivity index (χ1) is 8.79. The third-order valence-corrected chi connectivity index (χ3v) is 3.12. The lowest BCUT2D eigenvalue weighted by Gasteiger charge is -2.01. The summed E-state index contributed by atoms with van der Waals surface area (Å²) >= 11 is 0. The van der Waals surface area contributed by atoms with Crippen LogP contribution in [-0.4, -0.2) is 32.9 Å². The summed E-state index contributed by atoms with van der Waals surface area (Å²) < 4.78 is 48.0. The molecule has 0 spiro atoms. The van der Waals surface area contributed by atoms with Gasteiger partial charge in [0.2, 0.25) is 5.91 Å². The van der Waals surface area contributed by atoms with E-state index >= 15 is 0 Å². The Morgan fingerprint density at radius 3 is 2.42 bits per heavy atom. The summed E-state index contributed by atoms with van der Waals surface area (Å²) in [7, 11) is -3.16. The van der Waals surface area contributed by atoms with E-state index in [0.717, 1.165) is 30.5 Å². The highest BCUT2D eigenvalue weighted by molar-refractivity contribution is 7.90. The molecule has 1 aromatic rings. The van der Waals surface area contributed by atoms with Crippen molar-refractivity contribution in [3.63, 3.8) is 0 Å². The number of amides is 1. The summed E-state index contributed by atoms with van der Waals surface area (Å²) in [6.45, 7) is -0.0538. The molecule has 0 radical (unpaired) electrons. The fraction of sp³-hybridized carbons (Fsp3) is 0.250. The number of halogens is 2. The monoisotopic (exact) mass is 289 g/mol. The molecule has 1 aromatic carbocycles. The van der Waals surface area contributed by atoms with Crippen LogP contribution in [0.3, 0.4) is 0 Å². The first kappa shape index (κ1) is 15.3. The van der Waals surface area contributed by atoms with E-state index in [-0.39, 0.29) is 17.9 Å². The van der Waals surface area contributed by atoms with E-state index in [9.17, 15) is 22.0 Å². The highest BCUT2D eigenvalue weighted by atomic mass is 32.2. The van der Waals surface area contributed by atoms with Crippen LogP contribution in [0.2, 0.25) is 0 Å². The molecule has 0 fully saturated rings. The van der Waals surface area contributed by atoms with Gasteiger partial charge in [0.1, 0.15) is 21.5 Å². The average Bonchev–Trinajstić information content (AvgIpc) is 2.26. The fourth-order valence-corrected chi connectivity index (χ4v) is 1.72. The van der Waals surface area contributed by atoms with Crippen molar-refractivity contribution in [1.29, 1.82) is 0 Å². The van der Waals surface area contributed by atoms with Crippen molar-refractivity contribution in [3.8, 4) is 0 Å². The number of sulfone groups is 1. The third-order valence-electron chi connectivity index (χ3n) is 2.17. The maximum absolute atomic E-state index is 13.2. The van der Waals surface area contributed by atoms with Crippen LogP contribution in [0.4, 0.5) is 8.78 Å². The Kier molecular flexibility index (Phi) is 5.17. The maximum Gasteiger partial charge on any atom is 0.244 e. The van der Waals surface area contributed by atoms with Crippen LogP contribution in [0.1, 0.15) is 5.56 Å². The van der Waals surface area contributed by atoms with Crippen LogP contribution in [0.15, 0.2) is 24.3 Å². The molecule has 0 heterocycles. The third kappa shape index (κ3) is 5.60. The number of rotatable bonds is 5. The molecule has 0 atom stereocenters. The van der Waals surface area contributed by atoms with Gasteiger partial charge in [-0.05, 0) is 18.2 Å². The second-order valence-electron chi connectivity index (χ2n) is 3.89. The zero-order chi connectivity index (χ0) is 14.5. The molecule has 0 aliphatic rings. The van der Waals surface area contributed by atoms with Crippen molar-refractivity contribution in [2.24, 2.45) is 0 Å². The molecule has 1 N–H and O–H groups in total. The molecule has 0 aliphatic heterocycles. The van der Waals surface area contributed by atoms with Crippen LogP contribution in [0, 0.1) is 11.6 Å². The van der Waals surface area contributed by atoms with E-state index in [1.165, 1.54) is 6.07 Å². The van der Waals surface area contributed by atoms with E-state index in [1.54, 1.807) is 0 Å². The van der Waals surface area contributed by atoms with Gasteiger partial charge in [-0.2, -0.15) is 0 Å². The van der Waals surface area contributed by atoms with Crippen LogP contribution < -0.4 is 5.32 Å². The van der Waals surface area contributed by atoms with Gasteiger partial charge in [0, 0.05) is 24.4 Å². The largest absolute Gasteiger partial charge is 0.352 e. The predicted octanol–water partition coefficient (Wildman–Crippen LogP) is 1.14. The standard InChI is InChI=1S/C12H13F2NO3S/c1-19(17,18)8-7-15-12(16)6-5-9-10(13)3-2-4-11(9)14/h2-6H,7-8H2,1H3,(H,15,16)/b6-5+. The molecule has 19 heavy (non-hydrogen) atoms. The van der Waals surface area contributed by atoms with Crippen molar-refractivity contribution in [2.75, 3.05) is 18.6 Å². The quantitative estimate of drug-likeness (QED) is 0.827. The molecule has 1 rings (SSSR count). The topological polar surface area (TPSA) is 63.2 Å². The molecule has 1 amide bonds. The molecule has 104 valence electrons. The molecule has 0 saturated carbocycles. The first-order valence-corrected chi connectivity index (χ1v) is 7.43. The number of carbonyl (C=O) groups excluding carboxylic acids is 1. The second kappa shape index (κ2) is 6.42. The molecule has 0 saturated heterocycles. The van der Waals surface area contributed by atoms with Crippen molar-refractivity contribution in [3.05, 3.63) is 41.5 Å². The molecule has 0 aromatic heterocycles. The highest BCUT2D eigenvalue weighted by Crippen LogP contribution is 2.13. The van der Waals surface area contributed by atoms with E-state index in [0.29, 0.717) is 0 Å². The van der Waals surface area contributed by atoms with Gasteiger partial charge in [0.25, 0.3) is 0 Å². The molecule has 0 aliphatic carbocycles. The van der Waals surface area contributed by atoms with E-state index in [2.05, 4.69) is 5.32 Å². The average molecular weight is 289 g/mol. The lowest BCUT2D eigenvalue weighted by Crippen LogP contribution is -2.27. The lowest BCUT2D eigenvalue weighted by atomic mass is 10.2. The van der Waals surface area contributed by atoms with Crippen LogP contribution in [0.5, 0.6) is 0 Å². The van der Waals surface area contributed by atoms with Gasteiger partial charge in [-0.25, -0.2) is 17.2 Å². The lowest BCUT2D eigenvalue weighted by molar-refractivity contribution is -0.116. The Labute approximate surface area is 110 Å². The van der Waals surface area contributed by atoms with Crippen molar-refractivity contribution in [1.82, 2.24) is 5.32 Å². The van der Waals surface area contributed by atoms with E-state index in [1.807, 2.05) is 0 Å². The Hall–Kier alpha value is -1.76. The van der Waals surface area contributed by atoms with Gasteiger partial charge >= 0.3 is 0 Å². The SMILES string of the molecule is CS(=O)(=O)CCNC(=O)/C=C/c1c(F)cccc1F. The second-order valence-corrected chi connectivity index (χ2v) is 6.15. The van der Waals surface area contributed by atoms with Gasteiger partial charge < -0.3 is 5.32 Å². The van der Waals surface area contributed by atoms with Crippen LogP contribution in [-0.2, 0) is 14.6 Å². The Morgan fingerprint density at radius 1 is 1.32 bits per heavy atom. The molecule has 0 bridgehead atoms.